The normalized spacial score (nSPS) is 20.5. The number of rotatable bonds is 1. The van der Waals surface area contributed by atoms with E-state index in [4.69, 9.17) is 0 Å². The van der Waals surface area contributed by atoms with E-state index in [1.807, 2.05) is 27.7 Å². The van der Waals surface area contributed by atoms with E-state index in [0.717, 1.165) is 20.7 Å². The lowest BCUT2D eigenvalue weighted by molar-refractivity contribution is -0.266. The summed E-state index contributed by atoms with van der Waals surface area (Å²) in [7, 11) is 0. The Bertz CT molecular complexity index is 909. The molecule has 0 spiro atoms. The third-order valence-electron chi connectivity index (χ3n) is 5.44. The standard InChI is InChI=1S/C20H18BrN2O3/c1-19(2)15-9-13-14(10-16(15)20(3,4)23(19)26)18(25)22(17(13)24)12-7-5-11(21)6-8-12/h5-10H,1-4H3. The average molecular weight is 414 g/mol. The van der Waals surface area contributed by atoms with Crippen molar-refractivity contribution in [3.8, 4) is 0 Å². The molecule has 0 bridgehead atoms. The Morgan fingerprint density at radius 2 is 1.23 bits per heavy atom. The number of imide groups is 1. The van der Waals surface area contributed by atoms with Crippen molar-refractivity contribution in [1.29, 1.82) is 0 Å². The number of halogens is 1. The fourth-order valence-electron chi connectivity index (χ4n) is 4.04. The summed E-state index contributed by atoms with van der Waals surface area (Å²) >= 11 is 3.36. The molecule has 4 rings (SSSR count). The molecule has 0 aromatic heterocycles. The van der Waals surface area contributed by atoms with Crippen molar-refractivity contribution < 1.29 is 14.8 Å². The van der Waals surface area contributed by atoms with E-state index in [0.29, 0.717) is 16.8 Å². The van der Waals surface area contributed by atoms with Crippen LogP contribution < -0.4 is 4.90 Å². The number of benzene rings is 2. The molecule has 26 heavy (non-hydrogen) atoms. The number of carbonyl (C=O) groups is 2. The molecule has 0 N–H and O–H groups in total. The quantitative estimate of drug-likeness (QED) is 0.651. The average Bonchev–Trinajstić information content (AvgIpc) is 2.91. The summed E-state index contributed by atoms with van der Waals surface area (Å²) in [6, 6.07) is 10.5. The first-order valence-electron chi connectivity index (χ1n) is 8.37. The molecule has 2 heterocycles. The monoisotopic (exact) mass is 413 g/mol. The molecule has 0 saturated carbocycles. The number of amides is 2. The Hall–Kier alpha value is -2.02. The van der Waals surface area contributed by atoms with Crippen molar-refractivity contribution in [3.63, 3.8) is 0 Å². The summed E-state index contributed by atoms with van der Waals surface area (Å²) in [5.41, 5.74) is 1.32. The van der Waals surface area contributed by atoms with E-state index in [1.54, 1.807) is 36.4 Å². The van der Waals surface area contributed by atoms with Gasteiger partial charge in [-0.3, -0.25) is 9.59 Å². The smallest absolute Gasteiger partial charge is 0.266 e. The van der Waals surface area contributed by atoms with Gasteiger partial charge in [-0.25, -0.2) is 4.90 Å². The largest absolute Gasteiger partial charge is 0.268 e. The summed E-state index contributed by atoms with van der Waals surface area (Å²) in [5, 5.41) is 13.8. The van der Waals surface area contributed by atoms with Crippen LogP contribution in [0.25, 0.3) is 0 Å². The van der Waals surface area contributed by atoms with Crippen LogP contribution in [0, 0.1) is 0 Å². The lowest BCUT2D eigenvalue weighted by Crippen LogP contribution is -2.41. The second-order valence-electron chi connectivity index (χ2n) is 7.78. The van der Waals surface area contributed by atoms with E-state index < -0.39 is 11.1 Å². The van der Waals surface area contributed by atoms with Gasteiger partial charge in [0.05, 0.1) is 27.9 Å². The van der Waals surface area contributed by atoms with Crippen LogP contribution in [-0.4, -0.2) is 16.9 Å². The first kappa shape index (κ1) is 17.4. The number of hydroxylamine groups is 2. The topological polar surface area (TPSA) is 60.5 Å². The van der Waals surface area contributed by atoms with E-state index >= 15 is 0 Å². The minimum absolute atomic E-state index is 0.354. The molecule has 0 atom stereocenters. The minimum atomic E-state index is -0.762. The summed E-state index contributed by atoms with van der Waals surface area (Å²) in [5.74, 6) is -0.707. The van der Waals surface area contributed by atoms with Crippen LogP contribution >= 0.6 is 15.9 Å². The predicted octanol–water partition coefficient (Wildman–Crippen LogP) is 4.38. The molecule has 5 nitrogen and oxygen atoms in total. The maximum absolute atomic E-state index is 12.9. The van der Waals surface area contributed by atoms with Gasteiger partial charge >= 0.3 is 0 Å². The van der Waals surface area contributed by atoms with Gasteiger partial charge < -0.3 is 0 Å². The number of hydrogen-bond acceptors (Lipinski definition) is 3. The summed E-state index contributed by atoms with van der Waals surface area (Å²) in [6.45, 7) is 7.36. The molecule has 6 heteroatoms. The van der Waals surface area contributed by atoms with Crippen molar-refractivity contribution in [2.24, 2.45) is 0 Å². The van der Waals surface area contributed by atoms with Gasteiger partial charge in [-0.2, -0.15) is 0 Å². The second kappa shape index (κ2) is 5.25. The van der Waals surface area contributed by atoms with Gasteiger partial charge in [0.1, 0.15) is 0 Å². The summed E-state index contributed by atoms with van der Waals surface area (Å²) in [4.78, 5) is 27.1. The highest BCUT2D eigenvalue weighted by Gasteiger charge is 2.52. The third kappa shape index (κ3) is 2.09. The van der Waals surface area contributed by atoms with Crippen LogP contribution in [0.15, 0.2) is 40.9 Å². The minimum Gasteiger partial charge on any atom is -0.268 e. The zero-order chi connectivity index (χ0) is 19.0. The van der Waals surface area contributed by atoms with E-state index in [9.17, 15) is 14.8 Å². The molecule has 0 unspecified atom stereocenters. The number of nitrogens with zero attached hydrogens (tertiary/aromatic N) is 2. The van der Waals surface area contributed by atoms with Crippen LogP contribution in [0.1, 0.15) is 59.5 Å². The van der Waals surface area contributed by atoms with Crippen LogP contribution in [0.2, 0.25) is 0 Å². The van der Waals surface area contributed by atoms with Gasteiger partial charge in [-0.05, 0) is 75.2 Å². The zero-order valence-corrected chi connectivity index (χ0v) is 16.5. The molecule has 2 aliphatic rings. The zero-order valence-electron chi connectivity index (χ0n) is 15.0. The lowest BCUT2D eigenvalue weighted by Gasteiger charge is -2.32. The Morgan fingerprint density at radius 1 is 0.808 bits per heavy atom. The number of hydrogen-bond donors (Lipinski definition) is 0. The highest BCUT2D eigenvalue weighted by molar-refractivity contribution is 9.10. The van der Waals surface area contributed by atoms with Crippen molar-refractivity contribution in [2.75, 3.05) is 4.90 Å². The fourth-order valence-corrected chi connectivity index (χ4v) is 4.31. The Kier molecular flexibility index (Phi) is 3.51. The van der Waals surface area contributed by atoms with Crippen molar-refractivity contribution in [2.45, 2.75) is 38.8 Å². The van der Waals surface area contributed by atoms with E-state index in [2.05, 4.69) is 15.9 Å². The molecule has 0 saturated heterocycles. The molecule has 0 aliphatic carbocycles. The van der Waals surface area contributed by atoms with E-state index in [1.165, 1.54) is 4.90 Å². The molecule has 0 fully saturated rings. The van der Waals surface area contributed by atoms with Gasteiger partial charge in [0, 0.05) is 4.47 Å². The van der Waals surface area contributed by atoms with E-state index in [-0.39, 0.29) is 11.8 Å². The Balaban J connectivity index is 1.88. The molecule has 133 valence electrons. The molecular weight excluding hydrogens is 396 g/mol. The summed E-state index contributed by atoms with van der Waals surface area (Å²) in [6.07, 6.45) is 0. The first-order valence-corrected chi connectivity index (χ1v) is 9.17. The maximum atomic E-state index is 12.9. The van der Waals surface area contributed by atoms with Gasteiger partial charge in [0.15, 0.2) is 0 Å². The molecular formula is C20H18BrN2O3. The number of anilines is 1. The van der Waals surface area contributed by atoms with Gasteiger partial charge in [0.2, 0.25) is 0 Å². The Morgan fingerprint density at radius 3 is 1.65 bits per heavy atom. The Labute approximate surface area is 160 Å². The predicted molar refractivity (Wildman–Crippen MR) is 100 cm³/mol. The van der Waals surface area contributed by atoms with Gasteiger partial charge in [-0.15, -0.1) is 10.3 Å². The van der Waals surface area contributed by atoms with Crippen molar-refractivity contribution in [3.05, 3.63) is 63.1 Å². The first-order chi connectivity index (χ1) is 12.1. The van der Waals surface area contributed by atoms with Crippen molar-refractivity contribution in [1.82, 2.24) is 5.06 Å². The van der Waals surface area contributed by atoms with Crippen LogP contribution in [0.3, 0.4) is 0 Å². The van der Waals surface area contributed by atoms with Crippen molar-refractivity contribution >= 4 is 33.4 Å². The molecule has 1 radical (unpaired) electrons. The summed E-state index contributed by atoms with van der Waals surface area (Å²) < 4.78 is 0.871. The van der Waals surface area contributed by atoms with Crippen LogP contribution in [0.4, 0.5) is 5.69 Å². The number of carbonyl (C=O) groups excluding carboxylic acids is 2. The number of fused-ring (bicyclic) bond motifs is 2. The maximum Gasteiger partial charge on any atom is 0.266 e. The molecule has 2 aromatic rings. The third-order valence-corrected chi connectivity index (χ3v) is 5.97. The van der Waals surface area contributed by atoms with Crippen LogP contribution in [-0.2, 0) is 16.3 Å². The highest BCUT2D eigenvalue weighted by atomic mass is 79.9. The fraction of sp³-hybridized carbons (Fsp3) is 0.300. The second-order valence-corrected chi connectivity index (χ2v) is 8.69. The molecule has 2 aliphatic heterocycles. The molecule has 2 amide bonds. The highest BCUT2D eigenvalue weighted by Crippen LogP contribution is 2.50. The molecule has 2 aromatic carbocycles. The van der Waals surface area contributed by atoms with Gasteiger partial charge in [0.25, 0.3) is 11.8 Å². The SMILES string of the molecule is CC1(C)c2cc3c(cc2C(C)(C)N1[O])C(=O)N(c1ccc(Br)cc1)C3=O. The lowest BCUT2D eigenvalue weighted by atomic mass is 9.87. The van der Waals surface area contributed by atoms with Crippen LogP contribution in [0.5, 0.6) is 0 Å². The van der Waals surface area contributed by atoms with Gasteiger partial charge in [-0.1, -0.05) is 15.9 Å².